The molecule has 3 heteroatoms. The molecule has 1 aromatic rings. The van der Waals surface area contributed by atoms with Crippen LogP contribution in [0.4, 0.5) is 5.69 Å². The van der Waals surface area contributed by atoms with E-state index in [4.69, 9.17) is 10.6 Å². The molecule has 0 saturated carbocycles. The molecular formula is C9H12N2O. The van der Waals surface area contributed by atoms with Gasteiger partial charge in [0.05, 0.1) is 6.61 Å². The van der Waals surface area contributed by atoms with Gasteiger partial charge >= 0.3 is 0 Å². The minimum absolute atomic E-state index is 0.659. The summed E-state index contributed by atoms with van der Waals surface area (Å²) >= 11 is 0. The van der Waals surface area contributed by atoms with Crippen molar-refractivity contribution >= 4 is 5.69 Å². The number of nitrogens with zero attached hydrogens (tertiary/aromatic N) is 1. The van der Waals surface area contributed by atoms with Crippen molar-refractivity contribution < 1.29 is 4.84 Å². The van der Waals surface area contributed by atoms with Crippen molar-refractivity contribution in [3.05, 3.63) is 29.3 Å². The van der Waals surface area contributed by atoms with Crippen molar-refractivity contribution in [3.63, 3.8) is 0 Å². The maximum atomic E-state index is 5.67. The lowest BCUT2D eigenvalue weighted by atomic mass is 10.1. The molecule has 1 aliphatic rings. The standard InChI is InChI=1S/C9H12N2O/c1-11-5-8-4-9(10)3-2-7(8)6-12-11/h2-4H,5-6,10H2,1H3. The van der Waals surface area contributed by atoms with Crippen molar-refractivity contribution in [2.75, 3.05) is 12.8 Å². The summed E-state index contributed by atoms with van der Waals surface area (Å²) in [5.41, 5.74) is 9.00. The maximum Gasteiger partial charge on any atom is 0.0939 e. The smallest absolute Gasteiger partial charge is 0.0939 e. The molecule has 0 aliphatic carbocycles. The van der Waals surface area contributed by atoms with Gasteiger partial charge < -0.3 is 5.73 Å². The summed E-state index contributed by atoms with van der Waals surface area (Å²) in [4.78, 5) is 5.34. The number of fused-ring (bicyclic) bond motifs is 1. The summed E-state index contributed by atoms with van der Waals surface area (Å²) in [7, 11) is 1.92. The third kappa shape index (κ3) is 1.29. The van der Waals surface area contributed by atoms with E-state index in [0.29, 0.717) is 6.61 Å². The Labute approximate surface area is 71.7 Å². The van der Waals surface area contributed by atoms with Gasteiger partial charge in [0.2, 0.25) is 0 Å². The fourth-order valence-electron chi connectivity index (χ4n) is 1.40. The van der Waals surface area contributed by atoms with Crippen molar-refractivity contribution in [2.45, 2.75) is 13.2 Å². The van der Waals surface area contributed by atoms with Crippen LogP contribution in [0.15, 0.2) is 18.2 Å². The molecule has 1 aromatic carbocycles. The Morgan fingerprint density at radius 1 is 1.42 bits per heavy atom. The van der Waals surface area contributed by atoms with Gasteiger partial charge in [-0.05, 0) is 23.3 Å². The molecule has 0 aromatic heterocycles. The molecule has 1 heterocycles. The first-order chi connectivity index (χ1) is 5.75. The number of hydrogen-bond acceptors (Lipinski definition) is 3. The average molecular weight is 164 g/mol. The molecule has 0 bridgehead atoms. The summed E-state index contributed by atoms with van der Waals surface area (Å²) in [6, 6.07) is 5.94. The van der Waals surface area contributed by atoms with E-state index in [2.05, 4.69) is 0 Å². The Bertz CT molecular complexity index is 299. The van der Waals surface area contributed by atoms with Crippen LogP contribution in [0.5, 0.6) is 0 Å². The summed E-state index contributed by atoms with van der Waals surface area (Å²) in [6.07, 6.45) is 0. The molecule has 64 valence electrons. The number of hydrogen-bond donors (Lipinski definition) is 1. The van der Waals surface area contributed by atoms with E-state index >= 15 is 0 Å². The van der Waals surface area contributed by atoms with Crippen molar-refractivity contribution in [1.82, 2.24) is 5.06 Å². The zero-order valence-electron chi connectivity index (χ0n) is 7.08. The van der Waals surface area contributed by atoms with Crippen LogP contribution in [0.25, 0.3) is 0 Å². The van der Waals surface area contributed by atoms with Gasteiger partial charge in [0.1, 0.15) is 0 Å². The van der Waals surface area contributed by atoms with Crippen LogP contribution in [0, 0.1) is 0 Å². The Morgan fingerprint density at radius 3 is 3.08 bits per heavy atom. The molecule has 2 N–H and O–H groups in total. The summed E-state index contributed by atoms with van der Waals surface area (Å²) in [5.74, 6) is 0. The van der Waals surface area contributed by atoms with Gasteiger partial charge in [-0.3, -0.25) is 4.84 Å². The van der Waals surface area contributed by atoms with Gasteiger partial charge in [-0.2, -0.15) is 5.06 Å². The van der Waals surface area contributed by atoms with Crippen LogP contribution in [0.2, 0.25) is 0 Å². The predicted octanol–water partition coefficient (Wildman–Crippen LogP) is 1.15. The van der Waals surface area contributed by atoms with Gasteiger partial charge in [0.15, 0.2) is 0 Å². The Morgan fingerprint density at radius 2 is 2.25 bits per heavy atom. The van der Waals surface area contributed by atoms with Gasteiger partial charge in [-0.25, -0.2) is 0 Å². The van der Waals surface area contributed by atoms with Crippen LogP contribution >= 0.6 is 0 Å². The zero-order valence-corrected chi connectivity index (χ0v) is 7.08. The highest BCUT2D eigenvalue weighted by Crippen LogP contribution is 2.20. The van der Waals surface area contributed by atoms with Gasteiger partial charge in [-0.1, -0.05) is 6.07 Å². The Balaban J connectivity index is 2.37. The molecule has 12 heavy (non-hydrogen) atoms. The second-order valence-corrected chi connectivity index (χ2v) is 3.09. The highest BCUT2D eigenvalue weighted by molar-refractivity contribution is 5.44. The van der Waals surface area contributed by atoms with E-state index in [9.17, 15) is 0 Å². The van der Waals surface area contributed by atoms with E-state index in [1.807, 2.05) is 30.3 Å². The maximum absolute atomic E-state index is 5.67. The summed E-state index contributed by atoms with van der Waals surface area (Å²) in [6.45, 7) is 1.48. The zero-order chi connectivity index (χ0) is 8.55. The van der Waals surface area contributed by atoms with Crippen LogP contribution in [0.3, 0.4) is 0 Å². The van der Waals surface area contributed by atoms with Crippen LogP contribution in [-0.2, 0) is 18.0 Å². The monoisotopic (exact) mass is 164 g/mol. The molecule has 1 aliphatic heterocycles. The van der Waals surface area contributed by atoms with E-state index in [0.717, 1.165) is 12.2 Å². The van der Waals surface area contributed by atoms with Crippen LogP contribution < -0.4 is 5.73 Å². The predicted molar refractivity (Wildman–Crippen MR) is 47.1 cm³/mol. The highest BCUT2D eigenvalue weighted by Gasteiger charge is 2.12. The number of hydroxylamine groups is 2. The lowest BCUT2D eigenvalue weighted by Crippen LogP contribution is -2.24. The number of rotatable bonds is 0. The minimum atomic E-state index is 0.659. The largest absolute Gasteiger partial charge is 0.399 e. The van der Waals surface area contributed by atoms with Gasteiger partial charge in [0, 0.05) is 19.3 Å². The van der Waals surface area contributed by atoms with Crippen molar-refractivity contribution in [2.24, 2.45) is 0 Å². The fraction of sp³-hybridized carbons (Fsp3) is 0.333. The lowest BCUT2D eigenvalue weighted by molar-refractivity contribution is -0.168. The van der Waals surface area contributed by atoms with Crippen LogP contribution in [-0.4, -0.2) is 12.1 Å². The van der Waals surface area contributed by atoms with E-state index < -0.39 is 0 Å². The Hall–Kier alpha value is -1.06. The third-order valence-electron chi connectivity index (χ3n) is 2.06. The normalized spacial score (nSPS) is 17.4. The summed E-state index contributed by atoms with van der Waals surface area (Å²) < 4.78 is 0. The quantitative estimate of drug-likeness (QED) is 0.584. The van der Waals surface area contributed by atoms with Crippen LogP contribution in [0.1, 0.15) is 11.1 Å². The topological polar surface area (TPSA) is 38.5 Å². The Kier molecular flexibility index (Phi) is 1.75. The number of nitrogen functional groups attached to an aromatic ring is 1. The lowest BCUT2D eigenvalue weighted by Gasteiger charge is -2.24. The third-order valence-corrected chi connectivity index (χ3v) is 2.06. The SMILES string of the molecule is CN1Cc2cc(N)ccc2CO1. The number of benzene rings is 1. The first-order valence-corrected chi connectivity index (χ1v) is 3.97. The van der Waals surface area contributed by atoms with Crippen molar-refractivity contribution in [3.8, 4) is 0 Å². The molecule has 2 rings (SSSR count). The van der Waals surface area contributed by atoms with E-state index in [1.165, 1.54) is 11.1 Å². The molecule has 0 radical (unpaired) electrons. The first-order valence-electron chi connectivity index (χ1n) is 3.97. The van der Waals surface area contributed by atoms with Gasteiger partial charge in [0.25, 0.3) is 0 Å². The molecule has 0 unspecified atom stereocenters. The molecule has 0 saturated heterocycles. The number of nitrogens with two attached hydrogens (primary N) is 1. The number of anilines is 1. The second-order valence-electron chi connectivity index (χ2n) is 3.09. The average Bonchev–Trinajstić information content (AvgIpc) is 2.03. The van der Waals surface area contributed by atoms with E-state index in [-0.39, 0.29) is 0 Å². The molecule has 0 fully saturated rings. The molecular weight excluding hydrogens is 152 g/mol. The molecule has 0 amide bonds. The minimum Gasteiger partial charge on any atom is -0.399 e. The molecule has 0 atom stereocenters. The molecule has 3 nitrogen and oxygen atoms in total. The summed E-state index contributed by atoms with van der Waals surface area (Å²) in [5, 5.41) is 1.82. The van der Waals surface area contributed by atoms with Gasteiger partial charge in [-0.15, -0.1) is 0 Å². The molecule has 0 spiro atoms. The highest BCUT2D eigenvalue weighted by atomic mass is 16.7. The second kappa shape index (κ2) is 2.77. The first kappa shape index (κ1) is 7.58. The van der Waals surface area contributed by atoms with E-state index in [1.54, 1.807) is 0 Å². The fourth-order valence-corrected chi connectivity index (χ4v) is 1.40. The van der Waals surface area contributed by atoms with Crippen molar-refractivity contribution in [1.29, 1.82) is 0 Å².